The molecule has 1 aromatic heterocycles. The van der Waals surface area contributed by atoms with E-state index >= 15 is 0 Å². The molecule has 0 bridgehead atoms. The van der Waals surface area contributed by atoms with Crippen LogP contribution in [-0.4, -0.2) is 54.8 Å². The summed E-state index contributed by atoms with van der Waals surface area (Å²) < 4.78 is 10.8. The van der Waals surface area contributed by atoms with E-state index in [-0.39, 0.29) is 11.8 Å². The van der Waals surface area contributed by atoms with Gasteiger partial charge in [0.25, 0.3) is 0 Å². The number of aromatic nitrogens is 1. The quantitative estimate of drug-likeness (QED) is 0.409. The van der Waals surface area contributed by atoms with Crippen LogP contribution < -0.4 is 9.47 Å². The first-order valence-electron chi connectivity index (χ1n) is 12.6. The van der Waals surface area contributed by atoms with Crippen LogP contribution in [0.25, 0.3) is 10.9 Å². The van der Waals surface area contributed by atoms with Gasteiger partial charge in [0.2, 0.25) is 0 Å². The van der Waals surface area contributed by atoms with Crippen molar-refractivity contribution >= 4 is 16.9 Å². The molecular formula is C29H36N2O4. The average Bonchev–Trinajstić information content (AvgIpc) is 2.89. The largest absolute Gasteiger partial charge is 0.497 e. The summed E-state index contributed by atoms with van der Waals surface area (Å²) in [5.74, 6) is 1.01. The van der Waals surface area contributed by atoms with E-state index in [1.54, 1.807) is 14.2 Å². The Morgan fingerprint density at radius 2 is 1.89 bits per heavy atom. The highest BCUT2D eigenvalue weighted by Gasteiger charge is 2.33. The molecule has 0 amide bonds. The molecule has 0 spiro atoms. The summed E-state index contributed by atoms with van der Waals surface area (Å²) in [4.78, 5) is 18.9. The number of carbonyl (C=O) groups is 1. The summed E-state index contributed by atoms with van der Waals surface area (Å²) in [6, 6.07) is 16.2. The number of piperidine rings is 1. The lowest BCUT2D eigenvalue weighted by molar-refractivity contribution is -0.146. The predicted molar refractivity (Wildman–Crippen MR) is 138 cm³/mol. The number of nitrogens with zero attached hydrogens (tertiary/aromatic N) is 2. The molecule has 6 nitrogen and oxygen atoms in total. The number of carboxylic acid groups (broad SMARTS) is 1. The first kappa shape index (κ1) is 25.0. The van der Waals surface area contributed by atoms with Crippen LogP contribution in [0.4, 0.5) is 0 Å². The third-order valence-electron chi connectivity index (χ3n) is 7.33. The zero-order valence-electron chi connectivity index (χ0n) is 20.8. The number of likely N-dealkylation sites (tertiary alicyclic amines) is 1. The smallest absolute Gasteiger partial charge is 0.308 e. The SMILES string of the molecule is COc1ccc2nccc(CCC[C@@H]3CCN(CCCc4ccccc4OC)C[C@@H]3C(=O)O)c2c1. The maximum absolute atomic E-state index is 12.1. The molecule has 2 atom stereocenters. The van der Waals surface area contributed by atoms with E-state index in [4.69, 9.17) is 9.47 Å². The normalized spacial score (nSPS) is 18.5. The van der Waals surface area contributed by atoms with Crippen molar-refractivity contribution in [1.82, 2.24) is 9.88 Å². The highest BCUT2D eigenvalue weighted by Crippen LogP contribution is 2.30. The van der Waals surface area contributed by atoms with Crippen LogP contribution in [0, 0.1) is 11.8 Å². The molecular weight excluding hydrogens is 440 g/mol. The van der Waals surface area contributed by atoms with Gasteiger partial charge in [-0.2, -0.15) is 0 Å². The topological polar surface area (TPSA) is 71.9 Å². The molecule has 4 rings (SSSR count). The van der Waals surface area contributed by atoms with E-state index in [2.05, 4.69) is 22.0 Å². The molecule has 1 N–H and O–H groups in total. The van der Waals surface area contributed by atoms with Gasteiger partial charge >= 0.3 is 5.97 Å². The van der Waals surface area contributed by atoms with Crippen LogP contribution in [0.5, 0.6) is 11.5 Å². The first-order valence-corrected chi connectivity index (χ1v) is 12.6. The van der Waals surface area contributed by atoms with Gasteiger partial charge in [0.05, 0.1) is 25.7 Å². The Morgan fingerprint density at radius 1 is 1.06 bits per heavy atom. The molecule has 0 radical (unpaired) electrons. The van der Waals surface area contributed by atoms with Crippen molar-refractivity contribution in [1.29, 1.82) is 0 Å². The lowest BCUT2D eigenvalue weighted by Gasteiger charge is -2.36. The fraction of sp³-hybridized carbons (Fsp3) is 0.448. The third-order valence-corrected chi connectivity index (χ3v) is 7.33. The maximum Gasteiger partial charge on any atom is 0.308 e. The summed E-state index contributed by atoms with van der Waals surface area (Å²) in [5, 5.41) is 11.1. The minimum absolute atomic E-state index is 0.223. The minimum Gasteiger partial charge on any atom is -0.497 e. The second-order valence-corrected chi connectivity index (χ2v) is 9.45. The number of hydrogen-bond donors (Lipinski definition) is 1. The molecule has 3 aromatic rings. The van der Waals surface area contributed by atoms with Crippen LogP contribution in [0.3, 0.4) is 0 Å². The minimum atomic E-state index is -0.663. The Labute approximate surface area is 207 Å². The Balaban J connectivity index is 1.29. The van der Waals surface area contributed by atoms with E-state index in [0.29, 0.717) is 6.54 Å². The van der Waals surface area contributed by atoms with E-state index in [1.807, 2.05) is 42.6 Å². The molecule has 35 heavy (non-hydrogen) atoms. The Bertz CT molecular complexity index is 1130. The standard InChI is InChI=1S/C29H36N2O4/c1-34-24-12-13-27-25(19-24)21(14-16-30-27)8-5-9-22-15-18-31(20-26(22)29(32)33)17-6-10-23-7-3-4-11-28(23)35-2/h3-4,7,11-14,16,19,22,26H,5-6,8-10,15,17-18,20H2,1-2H3,(H,32,33)/t22-,26+/m1/s1. The third kappa shape index (κ3) is 6.31. The number of fused-ring (bicyclic) bond motifs is 1. The number of aryl methyl sites for hydroxylation is 2. The molecule has 1 saturated heterocycles. The van der Waals surface area contributed by atoms with Crippen LogP contribution in [0.2, 0.25) is 0 Å². The molecule has 1 aliphatic heterocycles. The number of hydrogen-bond acceptors (Lipinski definition) is 5. The number of benzene rings is 2. The number of pyridine rings is 1. The van der Waals surface area contributed by atoms with E-state index in [9.17, 15) is 9.90 Å². The molecule has 2 heterocycles. The van der Waals surface area contributed by atoms with Crippen molar-refractivity contribution in [2.45, 2.75) is 38.5 Å². The van der Waals surface area contributed by atoms with E-state index < -0.39 is 5.97 Å². The van der Waals surface area contributed by atoms with Crippen LogP contribution in [0.1, 0.15) is 36.8 Å². The summed E-state index contributed by atoms with van der Waals surface area (Å²) in [5.41, 5.74) is 3.42. The Kier molecular flexibility index (Phi) is 8.59. The van der Waals surface area contributed by atoms with Gasteiger partial charge in [-0.25, -0.2) is 0 Å². The second-order valence-electron chi connectivity index (χ2n) is 9.45. The van der Waals surface area contributed by atoms with Gasteiger partial charge in [-0.3, -0.25) is 9.78 Å². The number of carboxylic acids is 1. The lowest BCUT2D eigenvalue weighted by atomic mass is 9.81. The highest BCUT2D eigenvalue weighted by atomic mass is 16.5. The summed E-state index contributed by atoms with van der Waals surface area (Å²) >= 11 is 0. The molecule has 6 heteroatoms. The number of methoxy groups -OCH3 is 2. The molecule has 1 fully saturated rings. The van der Waals surface area contributed by atoms with Gasteiger partial charge in [-0.15, -0.1) is 0 Å². The van der Waals surface area contributed by atoms with Crippen molar-refractivity contribution in [3.8, 4) is 11.5 Å². The average molecular weight is 477 g/mol. The van der Waals surface area contributed by atoms with Crippen molar-refractivity contribution in [3.63, 3.8) is 0 Å². The summed E-state index contributed by atoms with van der Waals surface area (Å²) in [6.45, 7) is 2.52. The molecule has 1 aliphatic rings. The molecule has 0 unspecified atom stereocenters. The van der Waals surface area contributed by atoms with Gasteiger partial charge in [0.1, 0.15) is 11.5 Å². The van der Waals surface area contributed by atoms with Crippen LogP contribution in [0.15, 0.2) is 54.7 Å². The molecule has 186 valence electrons. The zero-order chi connectivity index (χ0) is 24.6. The van der Waals surface area contributed by atoms with Crippen molar-refractivity contribution < 1.29 is 19.4 Å². The first-order chi connectivity index (χ1) is 17.1. The van der Waals surface area contributed by atoms with Crippen molar-refractivity contribution in [2.24, 2.45) is 11.8 Å². The van der Waals surface area contributed by atoms with E-state index in [1.165, 1.54) is 11.1 Å². The number of para-hydroxylation sites is 1. The fourth-order valence-corrected chi connectivity index (χ4v) is 5.38. The van der Waals surface area contributed by atoms with Crippen LogP contribution >= 0.6 is 0 Å². The Morgan fingerprint density at radius 3 is 2.69 bits per heavy atom. The number of rotatable bonds is 11. The monoisotopic (exact) mass is 476 g/mol. The lowest BCUT2D eigenvalue weighted by Crippen LogP contribution is -2.44. The summed E-state index contributed by atoms with van der Waals surface area (Å²) in [7, 11) is 3.38. The number of aliphatic carboxylic acids is 1. The fourth-order valence-electron chi connectivity index (χ4n) is 5.38. The van der Waals surface area contributed by atoms with Crippen molar-refractivity contribution in [3.05, 3.63) is 65.9 Å². The van der Waals surface area contributed by atoms with Crippen LogP contribution in [-0.2, 0) is 17.6 Å². The Hall–Kier alpha value is -3.12. The zero-order valence-corrected chi connectivity index (χ0v) is 20.8. The number of ether oxygens (including phenoxy) is 2. The van der Waals surface area contributed by atoms with Gasteiger partial charge in [-0.05, 0) is 99.0 Å². The second kappa shape index (κ2) is 12.0. The van der Waals surface area contributed by atoms with Gasteiger partial charge in [-0.1, -0.05) is 18.2 Å². The molecule has 0 aliphatic carbocycles. The maximum atomic E-state index is 12.1. The van der Waals surface area contributed by atoms with Gasteiger partial charge in [0, 0.05) is 18.1 Å². The highest BCUT2D eigenvalue weighted by molar-refractivity contribution is 5.83. The van der Waals surface area contributed by atoms with Gasteiger partial charge < -0.3 is 19.5 Å². The summed E-state index contributed by atoms with van der Waals surface area (Å²) in [6.07, 6.45) is 7.54. The van der Waals surface area contributed by atoms with E-state index in [0.717, 1.165) is 74.0 Å². The molecule has 2 aromatic carbocycles. The van der Waals surface area contributed by atoms with Gasteiger partial charge in [0.15, 0.2) is 0 Å². The molecule has 0 saturated carbocycles. The van der Waals surface area contributed by atoms with Crippen molar-refractivity contribution in [2.75, 3.05) is 33.9 Å². The predicted octanol–water partition coefficient (Wildman–Crippen LogP) is 5.23.